The number of nitrogens with zero attached hydrogens (tertiary/aromatic N) is 1. The highest BCUT2D eigenvalue weighted by atomic mass is 35.5. The van der Waals surface area contributed by atoms with E-state index < -0.39 is 0 Å². The summed E-state index contributed by atoms with van der Waals surface area (Å²) in [4.78, 5) is 15.6. The highest BCUT2D eigenvalue weighted by molar-refractivity contribution is 6.30. The Labute approximate surface area is 92.6 Å². The third-order valence-corrected chi connectivity index (χ3v) is 2.42. The van der Waals surface area contributed by atoms with Gasteiger partial charge in [0.2, 0.25) is 0 Å². The second kappa shape index (κ2) is 4.59. The Hall–Kier alpha value is -1.13. The zero-order valence-electron chi connectivity index (χ0n) is 8.07. The average molecular weight is 227 g/mol. The number of pyridine rings is 1. The van der Waals surface area contributed by atoms with Gasteiger partial charge in [0.25, 0.3) is 5.91 Å². The van der Waals surface area contributed by atoms with Crippen LogP contribution in [-0.4, -0.2) is 23.6 Å². The van der Waals surface area contributed by atoms with E-state index in [1.165, 1.54) is 6.20 Å². The van der Waals surface area contributed by atoms with Crippen molar-refractivity contribution in [2.24, 2.45) is 0 Å². The normalized spacial score (nSPS) is 20.2. The maximum absolute atomic E-state index is 11.6. The van der Waals surface area contributed by atoms with Crippen molar-refractivity contribution in [3.63, 3.8) is 0 Å². The van der Waals surface area contributed by atoms with E-state index >= 15 is 0 Å². The Bertz CT molecular complexity index is 347. The van der Waals surface area contributed by atoms with Crippen molar-refractivity contribution in [3.05, 3.63) is 23.4 Å². The highest BCUT2D eigenvalue weighted by Crippen LogP contribution is 2.15. The van der Waals surface area contributed by atoms with E-state index in [9.17, 15) is 4.79 Å². The zero-order chi connectivity index (χ0) is 10.7. The van der Waals surface area contributed by atoms with E-state index in [0.717, 1.165) is 12.8 Å². The monoisotopic (exact) mass is 226 g/mol. The summed E-state index contributed by atoms with van der Waals surface area (Å²) in [5, 5.41) is 3.22. The number of halogens is 1. The van der Waals surface area contributed by atoms with E-state index in [4.69, 9.17) is 16.3 Å². The molecule has 4 nitrogen and oxygen atoms in total. The number of carbonyl (C=O) groups excluding carboxylic acids is 1. The molecule has 0 unspecified atom stereocenters. The topological polar surface area (TPSA) is 51.2 Å². The van der Waals surface area contributed by atoms with Crippen molar-refractivity contribution >= 4 is 23.3 Å². The molecular formula is C10H11ClN2O2. The first kappa shape index (κ1) is 10.4. The first-order valence-corrected chi connectivity index (χ1v) is 5.17. The fraction of sp³-hybridized carbons (Fsp3) is 0.400. The van der Waals surface area contributed by atoms with Gasteiger partial charge in [0.1, 0.15) is 11.9 Å². The van der Waals surface area contributed by atoms with Crippen LogP contribution in [0.4, 0.5) is 5.82 Å². The van der Waals surface area contributed by atoms with E-state index in [1.807, 2.05) is 0 Å². The lowest BCUT2D eigenvalue weighted by molar-refractivity contribution is -0.124. The van der Waals surface area contributed by atoms with Crippen molar-refractivity contribution in [3.8, 4) is 0 Å². The molecule has 1 aliphatic heterocycles. The third kappa shape index (κ3) is 2.67. The quantitative estimate of drug-likeness (QED) is 0.838. The number of amides is 1. The van der Waals surface area contributed by atoms with Crippen LogP contribution in [0, 0.1) is 0 Å². The third-order valence-electron chi connectivity index (χ3n) is 2.20. The van der Waals surface area contributed by atoms with Crippen LogP contribution in [-0.2, 0) is 9.53 Å². The minimum Gasteiger partial charge on any atom is -0.368 e. The lowest BCUT2D eigenvalue weighted by Gasteiger charge is -2.09. The van der Waals surface area contributed by atoms with Crippen molar-refractivity contribution < 1.29 is 9.53 Å². The average Bonchev–Trinajstić information content (AvgIpc) is 2.74. The van der Waals surface area contributed by atoms with Crippen LogP contribution in [0.5, 0.6) is 0 Å². The summed E-state index contributed by atoms with van der Waals surface area (Å²) in [5.74, 6) is 0.363. The molecular weight excluding hydrogens is 216 g/mol. The maximum Gasteiger partial charge on any atom is 0.254 e. The summed E-state index contributed by atoms with van der Waals surface area (Å²) in [5.41, 5.74) is 0. The molecule has 1 aliphatic rings. The molecule has 2 heterocycles. The van der Waals surface area contributed by atoms with Crippen LogP contribution in [0.3, 0.4) is 0 Å². The fourth-order valence-electron chi connectivity index (χ4n) is 1.44. The highest BCUT2D eigenvalue weighted by Gasteiger charge is 2.23. The van der Waals surface area contributed by atoms with Gasteiger partial charge < -0.3 is 10.1 Å². The Morgan fingerprint density at radius 3 is 3.07 bits per heavy atom. The molecule has 0 radical (unpaired) electrons. The van der Waals surface area contributed by atoms with Crippen molar-refractivity contribution in [1.29, 1.82) is 0 Å². The molecule has 1 aromatic heterocycles. The van der Waals surface area contributed by atoms with Crippen molar-refractivity contribution in [2.75, 3.05) is 11.9 Å². The largest absolute Gasteiger partial charge is 0.368 e. The Kier molecular flexibility index (Phi) is 3.18. The summed E-state index contributed by atoms with van der Waals surface area (Å²) in [6.07, 6.45) is 2.88. The molecule has 1 atom stereocenters. The molecule has 0 aromatic carbocycles. The van der Waals surface area contributed by atoms with Gasteiger partial charge in [-0.2, -0.15) is 0 Å². The second-order valence-corrected chi connectivity index (χ2v) is 3.79. The second-order valence-electron chi connectivity index (χ2n) is 3.35. The molecule has 15 heavy (non-hydrogen) atoms. The number of rotatable bonds is 2. The van der Waals surface area contributed by atoms with E-state index in [-0.39, 0.29) is 12.0 Å². The number of aromatic nitrogens is 1. The van der Waals surface area contributed by atoms with Crippen LogP contribution < -0.4 is 5.32 Å². The number of ether oxygens (including phenoxy) is 1. The van der Waals surface area contributed by atoms with Crippen molar-refractivity contribution in [1.82, 2.24) is 4.98 Å². The Morgan fingerprint density at radius 1 is 1.60 bits per heavy atom. The first-order valence-electron chi connectivity index (χ1n) is 4.80. The summed E-state index contributed by atoms with van der Waals surface area (Å²) in [7, 11) is 0. The molecule has 0 spiro atoms. The van der Waals surface area contributed by atoms with Crippen molar-refractivity contribution in [2.45, 2.75) is 18.9 Å². The van der Waals surface area contributed by atoms with Gasteiger partial charge in [-0.1, -0.05) is 11.6 Å². The predicted molar refractivity (Wildman–Crippen MR) is 56.9 cm³/mol. The predicted octanol–water partition coefficient (Wildman–Crippen LogP) is 1.85. The smallest absolute Gasteiger partial charge is 0.254 e. The van der Waals surface area contributed by atoms with Gasteiger partial charge >= 0.3 is 0 Å². The van der Waals surface area contributed by atoms with Crippen LogP contribution in [0.1, 0.15) is 12.8 Å². The molecule has 1 amide bonds. The van der Waals surface area contributed by atoms with E-state index in [0.29, 0.717) is 17.4 Å². The molecule has 80 valence electrons. The molecule has 2 rings (SSSR count). The van der Waals surface area contributed by atoms with Crippen LogP contribution in [0.25, 0.3) is 0 Å². The van der Waals surface area contributed by atoms with Gasteiger partial charge in [0.15, 0.2) is 0 Å². The molecule has 1 N–H and O–H groups in total. The van der Waals surface area contributed by atoms with Crippen LogP contribution in [0.15, 0.2) is 18.3 Å². The fourth-order valence-corrected chi connectivity index (χ4v) is 1.55. The van der Waals surface area contributed by atoms with Gasteiger partial charge in [-0.05, 0) is 25.0 Å². The van der Waals surface area contributed by atoms with Gasteiger partial charge in [-0.15, -0.1) is 0 Å². The lowest BCUT2D eigenvalue weighted by atomic mass is 10.2. The van der Waals surface area contributed by atoms with Gasteiger partial charge in [-0.25, -0.2) is 4.98 Å². The van der Waals surface area contributed by atoms with Gasteiger partial charge in [0, 0.05) is 12.8 Å². The minimum atomic E-state index is -0.331. The molecule has 5 heteroatoms. The number of hydrogen-bond donors (Lipinski definition) is 1. The minimum absolute atomic E-state index is 0.137. The zero-order valence-corrected chi connectivity index (χ0v) is 8.83. The SMILES string of the molecule is O=C(Nc1ccc(Cl)cn1)[C@@H]1CCCO1. The summed E-state index contributed by atoms with van der Waals surface area (Å²) < 4.78 is 5.24. The number of carbonyl (C=O) groups is 1. The Balaban J connectivity index is 1.96. The van der Waals surface area contributed by atoms with Crippen LogP contribution in [0.2, 0.25) is 5.02 Å². The molecule has 0 saturated carbocycles. The molecule has 1 saturated heterocycles. The Morgan fingerprint density at radius 2 is 2.47 bits per heavy atom. The van der Waals surface area contributed by atoms with Gasteiger partial charge in [-0.3, -0.25) is 4.79 Å². The summed E-state index contributed by atoms with van der Waals surface area (Å²) in [6, 6.07) is 3.34. The van der Waals surface area contributed by atoms with E-state index in [2.05, 4.69) is 10.3 Å². The number of nitrogens with one attached hydrogen (secondary N) is 1. The molecule has 1 fully saturated rings. The van der Waals surface area contributed by atoms with E-state index in [1.54, 1.807) is 12.1 Å². The maximum atomic E-state index is 11.6. The number of hydrogen-bond acceptors (Lipinski definition) is 3. The molecule has 1 aromatic rings. The molecule has 0 bridgehead atoms. The summed E-state index contributed by atoms with van der Waals surface area (Å²) >= 11 is 5.68. The first-order chi connectivity index (χ1) is 7.25. The molecule has 0 aliphatic carbocycles. The van der Waals surface area contributed by atoms with Gasteiger partial charge in [0.05, 0.1) is 5.02 Å². The summed E-state index contributed by atoms with van der Waals surface area (Å²) in [6.45, 7) is 0.659. The standard InChI is InChI=1S/C10H11ClN2O2/c11-7-3-4-9(12-6-7)13-10(14)8-2-1-5-15-8/h3-4,6,8H,1-2,5H2,(H,12,13,14)/t8-/m0/s1. The number of anilines is 1. The lowest BCUT2D eigenvalue weighted by Crippen LogP contribution is -2.27. The van der Waals surface area contributed by atoms with Crippen LogP contribution >= 0.6 is 11.6 Å².